The lowest BCUT2D eigenvalue weighted by Gasteiger charge is -2.37. The molecule has 3 atom stereocenters. The van der Waals surface area contributed by atoms with Gasteiger partial charge in [-0.25, -0.2) is 9.97 Å². The Balaban J connectivity index is 1.28. The first-order valence-corrected chi connectivity index (χ1v) is 11.6. The summed E-state index contributed by atoms with van der Waals surface area (Å²) in [5, 5.41) is 0. The molecular formula is C24H34N6. The van der Waals surface area contributed by atoms with Gasteiger partial charge in [0.25, 0.3) is 0 Å². The van der Waals surface area contributed by atoms with E-state index in [1.807, 2.05) is 6.20 Å². The highest BCUT2D eigenvalue weighted by molar-refractivity contribution is 5.33. The van der Waals surface area contributed by atoms with Crippen LogP contribution in [0.3, 0.4) is 0 Å². The summed E-state index contributed by atoms with van der Waals surface area (Å²) < 4.78 is 0. The Bertz CT molecular complexity index is 849. The summed E-state index contributed by atoms with van der Waals surface area (Å²) in [6, 6.07) is 11.5. The third-order valence-electron chi connectivity index (χ3n) is 7.00. The molecule has 0 bridgehead atoms. The van der Waals surface area contributed by atoms with Crippen LogP contribution in [0.5, 0.6) is 0 Å². The molecule has 1 aromatic carbocycles. The molecular weight excluding hydrogens is 372 g/mol. The Morgan fingerprint density at radius 2 is 2.00 bits per heavy atom. The third kappa shape index (κ3) is 4.36. The highest BCUT2D eigenvalue weighted by Crippen LogP contribution is 2.32. The highest BCUT2D eigenvalue weighted by atomic mass is 15.4. The number of nitrogens with zero attached hydrogens (tertiary/aromatic N) is 4. The molecule has 1 aromatic heterocycles. The summed E-state index contributed by atoms with van der Waals surface area (Å²) in [4.78, 5) is 14.5. The molecule has 2 N–H and O–H groups in total. The van der Waals surface area contributed by atoms with Crippen molar-refractivity contribution in [3.63, 3.8) is 0 Å². The van der Waals surface area contributed by atoms with Crippen LogP contribution in [0.15, 0.2) is 36.5 Å². The van der Waals surface area contributed by atoms with Crippen molar-refractivity contribution in [1.82, 2.24) is 25.7 Å². The smallest absolute Gasteiger partial charge is 0.225 e. The standard InChI is InChI=1S/C24H34N6/c1-18-6-4-7-19(14-18)16-29-11-5-8-20(17-29)23-21(15-26-28-23)22-9-10-25-24(27-22)30-12-2-3-13-30/h4,6-7,9-10,14,20-21,23,26,28H,2-3,5,8,11-13,15-17H2,1H3. The maximum absolute atomic E-state index is 5.00. The van der Waals surface area contributed by atoms with E-state index in [1.54, 1.807) is 0 Å². The van der Waals surface area contributed by atoms with E-state index in [4.69, 9.17) is 4.98 Å². The highest BCUT2D eigenvalue weighted by Gasteiger charge is 2.37. The molecule has 5 rings (SSSR count). The van der Waals surface area contributed by atoms with E-state index in [0.29, 0.717) is 17.9 Å². The van der Waals surface area contributed by atoms with E-state index in [1.165, 1.54) is 49.0 Å². The second-order valence-electron chi connectivity index (χ2n) is 9.26. The van der Waals surface area contributed by atoms with Crippen molar-refractivity contribution in [2.24, 2.45) is 5.92 Å². The van der Waals surface area contributed by atoms with Gasteiger partial charge in [-0.15, -0.1) is 0 Å². The Morgan fingerprint density at radius 3 is 2.87 bits per heavy atom. The second-order valence-corrected chi connectivity index (χ2v) is 9.26. The van der Waals surface area contributed by atoms with Crippen LogP contribution in [0.2, 0.25) is 0 Å². The predicted octanol–water partition coefficient (Wildman–Crippen LogP) is 2.86. The quantitative estimate of drug-likeness (QED) is 0.796. The van der Waals surface area contributed by atoms with Crippen molar-refractivity contribution in [3.8, 4) is 0 Å². The molecule has 30 heavy (non-hydrogen) atoms. The van der Waals surface area contributed by atoms with E-state index in [0.717, 1.165) is 38.7 Å². The van der Waals surface area contributed by atoms with Crippen LogP contribution in [0.1, 0.15) is 48.4 Å². The normalized spacial score (nSPS) is 27.6. The Hall–Kier alpha value is -2.02. The first kappa shape index (κ1) is 19.9. The van der Waals surface area contributed by atoms with Crippen LogP contribution in [-0.4, -0.2) is 53.6 Å². The molecule has 3 unspecified atom stereocenters. The van der Waals surface area contributed by atoms with Crippen molar-refractivity contribution in [3.05, 3.63) is 53.3 Å². The molecule has 2 aromatic rings. The number of rotatable bonds is 5. The van der Waals surface area contributed by atoms with Gasteiger partial charge in [-0.3, -0.25) is 15.8 Å². The van der Waals surface area contributed by atoms with Gasteiger partial charge in [0, 0.05) is 50.9 Å². The van der Waals surface area contributed by atoms with Crippen LogP contribution in [0.4, 0.5) is 5.95 Å². The van der Waals surface area contributed by atoms with Crippen molar-refractivity contribution in [2.45, 2.75) is 51.1 Å². The summed E-state index contributed by atoms with van der Waals surface area (Å²) in [7, 11) is 0. The predicted molar refractivity (Wildman–Crippen MR) is 120 cm³/mol. The fraction of sp³-hybridized carbons (Fsp3) is 0.583. The van der Waals surface area contributed by atoms with Crippen LogP contribution < -0.4 is 15.8 Å². The van der Waals surface area contributed by atoms with Gasteiger partial charge in [0.1, 0.15) is 0 Å². The number of benzene rings is 1. The summed E-state index contributed by atoms with van der Waals surface area (Å²) in [6.07, 6.45) is 7.01. The number of likely N-dealkylation sites (tertiary alicyclic amines) is 1. The fourth-order valence-electron chi connectivity index (χ4n) is 5.48. The third-order valence-corrected chi connectivity index (χ3v) is 7.00. The van der Waals surface area contributed by atoms with Gasteiger partial charge in [-0.1, -0.05) is 29.8 Å². The molecule has 3 aliphatic rings. The maximum Gasteiger partial charge on any atom is 0.225 e. The van der Waals surface area contributed by atoms with Crippen molar-refractivity contribution >= 4 is 5.95 Å². The largest absolute Gasteiger partial charge is 0.341 e. The summed E-state index contributed by atoms with van der Waals surface area (Å²) in [5.74, 6) is 1.95. The lowest BCUT2D eigenvalue weighted by molar-refractivity contribution is 0.139. The minimum atomic E-state index is 0.401. The van der Waals surface area contributed by atoms with Gasteiger partial charge >= 0.3 is 0 Å². The van der Waals surface area contributed by atoms with Crippen LogP contribution >= 0.6 is 0 Å². The van der Waals surface area contributed by atoms with Crippen LogP contribution in [0, 0.1) is 12.8 Å². The fourth-order valence-corrected chi connectivity index (χ4v) is 5.48. The molecule has 0 amide bonds. The Kier molecular flexibility index (Phi) is 5.97. The average Bonchev–Trinajstić information content (AvgIpc) is 3.47. The molecule has 6 nitrogen and oxygen atoms in total. The number of anilines is 1. The van der Waals surface area contributed by atoms with E-state index >= 15 is 0 Å². The number of aromatic nitrogens is 2. The van der Waals surface area contributed by atoms with Crippen molar-refractivity contribution in [1.29, 1.82) is 0 Å². The van der Waals surface area contributed by atoms with Gasteiger partial charge in [0.05, 0.1) is 5.69 Å². The molecule has 0 aliphatic carbocycles. The minimum Gasteiger partial charge on any atom is -0.341 e. The molecule has 160 valence electrons. The zero-order valence-corrected chi connectivity index (χ0v) is 18.1. The molecule has 0 saturated carbocycles. The number of piperidine rings is 1. The summed E-state index contributed by atoms with van der Waals surface area (Å²) in [5.41, 5.74) is 11.0. The Labute approximate surface area is 180 Å². The number of hydrogen-bond acceptors (Lipinski definition) is 6. The van der Waals surface area contributed by atoms with Gasteiger partial charge in [-0.05, 0) is 56.7 Å². The SMILES string of the molecule is Cc1cccc(CN2CCCC(C3NNCC3c3ccnc(N4CCCC4)n3)C2)c1. The molecule has 0 radical (unpaired) electrons. The average molecular weight is 407 g/mol. The second kappa shape index (κ2) is 9.00. The molecule has 4 heterocycles. The lowest BCUT2D eigenvalue weighted by Crippen LogP contribution is -2.46. The van der Waals surface area contributed by atoms with Crippen molar-refractivity contribution in [2.75, 3.05) is 37.6 Å². The first-order chi connectivity index (χ1) is 14.8. The molecule has 6 heteroatoms. The monoisotopic (exact) mass is 406 g/mol. The van der Waals surface area contributed by atoms with E-state index in [2.05, 4.69) is 62.9 Å². The van der Waals surface area contributed by atoms with Gasteiger partial charge in [0.2, 0.25) is 5.95 Å². The zero-order valence-electron chi connectivity index (χ0n) is 18.1. The maximum atomic E-state index is 5.00. The van der Waals surface area contributed by atoms with Gasteiger partial charge < -0.3 is 4.90 Å². The Morgan fingerprint density at radius 1 is 1.10 bits per heavy atom. The number of hydrazine groups is 1. The van der Waals surface area contributed by atoms with Gasteiger partial charge in [-0.2, -0.15) is 0 Å². The number of nitrogens with one attached hydrogen (secondary N) is 2. The summed E-state index contributed by atoms with van der Waals surface area (Å²) >= 11 is 0. The van der Waals surface area contributed by atoms with E-state index in [9.17, 15) is 0 Å². The van der Waals surface area contributed by atoms with Crippen molar-refractivity contribution < 1.29 is 0 Å². The van der Waals surface area contributed by atoms with Crippen LogP contribution in [-0.2, 0) is 6.54 Å². The molecule has 3 saturated heterocycles. The summed E-state index contributed by atoms with van der Waals surface area (Å²) in [6.45, 7) is 8.69. The topological polar surface area (TPSA) is 56.3 Å². The molecule has 3 aliphatic heterocycles. The number of aryl methyl sites for hydroxylation is 1. The van der Waals surface area contributed by atoms with Gasteiger partial charge in [0.15, 0.2) is 0 Å². The lowest BCUT2D eigenvalue weighted by atomic mass is 9.82. The zero-order chi connectivity index (χ0) is 20.3. The number of hydrogen-bond donors (Lipinski definition) is 2. The minimum absolute atomic E-state index is 0.401. The first-order valence-electron chi connectivity index (χ1n) is 11.6. The van der Waals surface area contributed by atoms with E-state index < -0.39 is 0 Å². The molecule has 3 fully saturated rings. The van der Waals surface area contributed by atoms with E-state index in [-0.39, 0.29) is 0 Å². The van der Waals surface area contributed by atoms with Crippen LogP contribution in [0.25, 0.3) is 0 Å². The molecule has 0 spiro atoms.